The van der Waals surface area contributed by atoms with Crippen LogP contribution in [0.5, 0.6) is 11.5 Å². The van der Waals surface area contributed by atoms with Crippen LogP contribution in [0, 0.1) is 12.8 Å². The van der Waals surface area contributed by atoms with E-state index in [2.05, 4.69) is 36.1 Å². The van der Waals surface area contributed by atoms with Gasteiger partial charge in [0.05, 0.1) is 6.42 Å². The number of carbonyl (C=O) groups is 1. The SMILES string of the molecule is Cc1noc(COc2ccc(OC(=O)CC(c3ccccc3)C(C)C)cc2)n1. The van der Waals surface area contributed by atoms with Gasteiger partial charge in [-0.15, -0.1) is 0 Å². The van der Waals surface area contributed by atoms with Crippen LogP contribution in [0.4, 0.5) is 0 Å². The van der Waals surface area contributed by atoms with Gasteiger partial charge in [-0.1, -0.05) is 49.3 Å². The van der Waals surface area contributed by atoms with Gasteiger partial charge in [-0.3, -0.25) is 4.79 Å². The number of hydrogen-bond acceptors (Lipinski definition) is 6. The van der Waals surface area contributed by atoms with E-state index in [1.165, 1.54) is 0 Å². The Labute approximate surface area is 164 Å². The summed E-state index contributed by atoms with van der Waals surface area (Å²) < 4.78 is 16.1. The molecular weight excluding hydrogens is 356 g/mol. The van der Waals surface area contributed by atoms with Crippen LogP contribution in [0.15, 0.2) is 59.1 Å². The van der Waals surface area contributed by atoms with Crippen molar-refractivity contribution in [3.05, 3.63) is 71.9 Å². The molecule has 0 spiro atoms. The summed E-state index contributed by atoms with van der Waals surface area (Å²) in [7, 11) is 0. The summed E-state index contributed by atoms with van der Waals surface area (Å²) in [5.41, 5.74) is 1.15. The Morgan fingerprint density at radius 1 is 1.04 bits per heavy atom. The van der Waals surface area contributed by atoms with Crippen LogP contribution in [0.2, 0.25) is 0 Å². The largest absolute Gasteiger partial charge is 0.484 e. The van der Waals surface area contributed by atoms with Crippen LogP contribution in [0.1, 0.15) is 43.5 Å². The third-order valence-electron chi connectivity index (χ3n) is 4.41. The van der Waals surface area contributed by atoms with Gasteiger partial charge in [0.15, 0.2) is 12.4 Å². The molecule has 0 radical (unpaired) electrons. The Hall–Kier alpha value is -3.15. The average molecular weight is 380 g/mol. The van der Waals surface area contributed by atoms with E-state index in [1.807, 2.05) is 18.2 Å². The van der Waals surface area contributed by atoms with E-state index < -0.39 is 0 Å². The van der Waals surface area contributed by atoms with Gasteiger partial charge in [0.1, 0.15) is 11.5 Å². The zero-order valence-electron chi connectivity index (χ0n) is 16.3. The fourth-order valence-corrected chi connectivity index (χ4v) is 2.94. The average Bonchev–Trinajstić information content (AvgIpc) is 3.11. The molecule has 1 atom stereocenters. The molecule has 1 heterocycles. The van der Waals surface area contributed by atoms with E-state index >= 15 is 0 Å². The lowest BCUT2D eigenvalue weighted by atomic mass is 9.86. The number of aryl methyl sites for hydroxylation is 1. The first kappa shape index (κ1) is 19.6. The number of aromatic nitrogens is 2. The minimum atomic E-state index is -0.252. The third-order valence-corrected chi connectivity index (χ3v) is 4.41. The fraction of sp³-hybridized carbons (Fsp3) is 0.318. The molecule has 3 aromatic rings. The maximum absolute atomic E-state index is 12.4. The van der Waals surface area contributed by atoms with Gasteiger partial charge in [-0.2, -0.15) is 4.98 Å². The molecule has 0 aliphatic rings. The van der Waals surface area contributed by atoms with Crippen molar-refractivity contribution in [2.75, 3.05) is 0 Å². The van der Waals surface area contributed by atoms with E-state index in [4.69, 9.17) is 14.0 Å². The van der Waals surface area contributed by atoms with Crippen molar-refractivity contribution >= 4 is 5.97 Å². The summed E-state index contributed by atoms with van der Waals surface area (Å²) in [5, 5.41) is 3.71. The van der Waals surface area contributed by atoms with Gasteiger partial charge in [0.25, 0.3) is 5.89 Å². The second-order valence-electron chi connectivity index (χ2n) is 6.93. The quantitative estimate of drug-likeness (QED) is 0.417. The zero-order valence-corrected chi connectivity index (χ0v) is 16.3. The van der Waals surface area contributed by atoms with Crippen molar-refractivity contribution in [3.63, 3.8) is 0 Å². The summed E-state index contributed by atoms with van der Waals surface area (Å²) in [6.45, 7) is 6.16. The van der Waals surface area contributed by atoms with Crippen molar-refractivity contribution in [1.29, 1.82) is 0 Å². The first-order valence-corrected chi connectivity index (χ1v) is 9.29. The molecular formula is C22H24N2O4. The first-order valence-electron chi connectivity index (χ1n) is 9.29. The highest BCUT2D eigenvalue weighted by atomic mass is 16.5. The normalized spacial score (nSPS) is 12.0. The highest BCUT2D eigenvalue weighted by Gasteiger charge is 2.20. The molecule has 6 nitrogen and oxygen atoms in total. The van der Waals surface area contributed by atoms with Crippen molar-refractivity contribution in [2.24, 2.45) is 5.92 Å². The van der Waals surface area contributed by atoms with E-state index in [1.54, 1.807) is 31.2 Å². The van der Waals surface area contributed by atoms with Crippen molar-refractivity contribution in [1.82, 2.24) is 10.1 Å². The monoisotopic (exact) mass is 380 g/mol. The maximum Gasteiger partial charge on any atom is 0.311 e. The van der Waals surface area contributed by atoms with Crippen molar-refractivity contribution in [3.8, 4) is 11.5 Å². The third kappa shape index (κ3) is 5.42. The summed E-state index contributed by atoms with van der Waals surface area (Å²) in [4.78, 5) is 16.5. The Bertz CT molecular complexity index is 888. The number of nitrogens with zero attached hydrogens (tertiary/aromatic N) is 2. The molecule has 146 valence electrons. The summed E-state index contributed by atoms with van der Waals surface area (Å²) in [5.74, 6) is 2.29. The molecule has 2 aromatic carbocycles. The summed E-state index contributed by atoms with van der Waals surface area (Å²) in [6, 6.07) is 16.9. The van der Waals surface area contributed by atoms with Crippen LogP contribution < -0.4 is 9.47 Å². The van der Waals surface area contributed by atoms with Gasteiger partial charge in [-0.25, -0.2) is 0 Å². The highest BCUT2D eigenvalue weighted by Crippen LogP contribution is 2.28. The lowest BCUT2D eigenvalue weighted by Crippen LogP contribution is -2.16. The van der Waals surface area contributed by atoms with Crippen LogP contribution >= 0.6 is 0 Å². The highest BCUT2D eigenvalue weighted by molar-refractivity contribution is 5.73. The summed E-state index contributed by atoms with van der Waals surface area (Å²) in [6.07, 6.45) is 0.330. The van der Waals surface area contributed by atoms with E-state index in [0.29, 0.717) is 35.6 Å². The van der Waals surface area contributed by atoms with Gasteiger partial charge >= 0.3 is 5.97 Å². The molecule has 0 aliphatic heterocycles. The molecule has 0 aliphatic carbocycles. The van der Waals surface area contributed by atoms with E-state index in [9.17, 15) is 4.79 Å². The van der Waals surface area contributed by atoms with Crippen LogP contribution in [0.3, 0.4) is 0 Å². The first-order chi connectivity index (χ1) is 13.5. The van der Waals surface area contributed by atoms with Gasteiger partial charge in [-0.05, 0) is 48.6 Å². The van der Waals surface area contributed by atoms with Gasteiger partial charge in [0, 0.05) is 0 Å². The van der Waals surface area contributed by atoms with Crippen molar-refractivity contribution in [2.45, 2.75) is 39.7 Å². The van der Waals surface area contributed by atoms with E-state index in [0.717, 1.165) is 5.56 Å². The lowest BCUT2D eigenvalue weighted by molar-refractivity contribution is -0.135. The van der Waals surface area contributed by atoms with Gasteiger partial charge in [0.2, 0.25) is 0 Å². The number of hydrogen-bond donors (Lipinski definition) is 0. The second kappa shape index (κ2) is 9.17. The lowest BCUT2D eigenvalue weighted by Gasteiger charge is -2.20. The van der Waals surface area contributed by atoms with E-state index in [-0.39, 0.29) is 18.5 Å². The molecule has 1 unspecified atom stereocenters. The molecule has 3 rings (SSSR count). The van der Waals surface area contributed by atoms with Crippen LogP contribution in [0.25, 0.3) is 0 Å². The number of benzene rings is 2. The molecule has 28 heavy (non-hydrogen) atoms. The molecule has 0 fully saturated rings. The molecule has 0 saturated carbocycles. The molecule has 0 bridgehead atoms. The minimum Gasteiger partial charge on any atom is -0.484 e. The standard InChI is InChI=1S/C22H24N2O4/c1-15(2)20(17-7-5-4-6-8-17)13-22(25)27-19-11-9-18(10-12-19)26-14-21-23-16(3)24-28-21/h4-12,15,20H,13-14H2,1-3H3. The Morgan fingerprint density at radius 2 is 1.71 bits per heavy atom. The van der Waals surface area contributed by atoms with Crippen LogP contribution in [-0.2, 0) is 11.4 Å². The molecule has 0 saturated heterocycles. The maximum atomic E-state index is 12.4. The molecule has 0 amide bonds. The zero-order chi connectivity index (χ0) is 19.9. The molecule has 0 N–H and O–H groups in total. The fourth-order valence-electron chi connectivity index (χ4n) is 2.94. The van der Waals surface area contributed by atoms with Crippen molar-refractivity contribution < 1.29 is 18.8 Å². The Morgan fingerprint density at radius 3 is 2.32 bits per heavy atom. The van der Waals surface area contributed by atoms with Gasteiger partial charge < -0.3 is 14.0 Å². The summed E-state index contributed by atoms with van der Waals surface area (Å²) >= 11 is 0. The Balaban J connectivity index is 1.54. The predicted octanol–water partition coefficient (Wildman–Crippen LogP) is 4.69. The topological polar surface area (TPSA) is 74.5 Å². The minimum absolute atomic E-state index is 0.120. The Kier molecular flexibility index (Phi) is 6.42. The number of rotatable bonds is 8. The smallest absolute Gasteiger partial charge is 0.311 e. The number of esters is 1. The molecule has 6 heteroatoms. The van der Waals surface area contributed by atoms with Crippen LogP contribution in [-0.4, -0.2) is 16.1 Å². The molecule has 1 aromatic heterocycles. The number of ether oxygens (including phenoxy) is 2. The second-order valence-corrected chi connectivity index (χ2v) is 6.93. The predicted molar refractivity (Wildman–Crippen MR) is 104 cm³/mol. The number of carbonyl (C=O) groups excluding carboxylic acids is 1.